The number of rotatable bonds is 4. The van der Waals surface area contributed by atoms with Crippen LogP contribution in [0, 0.1) is 5.92 Å². The number of nitrogens with zero attached hydrogens (tertiary/aromatic N) is 1. The summed E-state index contributed by atoms with van der Waals surface area (Å²) in [6.45, 7) is 9.60. The van der Waals surface area contributed by atoms with Crippen molar-refractivity contribution in [3.8, 4) is 0 Å². The minimum atomic E-state index is -1.52. The number of imide groups is 1. The highest BCUT2D eigenvalue weighted by Crippen LogP contribution is 2.22. The molecule has 0 unspecified atom stereocenters. The van der Waals surface area contributed by atoms with Gasteiger partial charge in [0, 0.05) is 4.11 Å². The number of piperazine rings is 1. The molecule has 0 aromatic carbocycles. The molecule has 0 saturated carbocycles. The summed E-state index contributed by atoms with van der Waals surface area (Å²) in [6.07, 6.45) is -4.78. The first kappa shape index (κ1) is 13.6. The molecule has 0 aromatic rings. The first-order chi connectivity index (χ1) is 12.2. The number of amides is 3. The smallest absolute Gasteiger partial charge is 0.418 e. The molecule has 3 amide bonds. The van der Waals surface area contributed by atoms with E-state index in [1.165, 1.54) is 6.92 Å². The Morgan fingerprint density at radius 2 is 2.09 bits per heavy atom. The number of hydrogen-bond donors (Lipinski definition) is 1. The summed E-state index contributed by atoms with van der Waals surface area (Å²) in [5, 5.41) is 2.31. The standard InChI is InChI=1S/C17H28N2O4/c1-7-8-9-10-12-15(21)19(16(22)23-17(4,5)6)13(11(2)3)14(20)18-12/h10-11,13H,7-9H2,1-6H3,(H,18,20)/b12-10-/t13-/m0/s1/i7D,8D,9D,10D/t7-,8+,9+,13-. The number of ether oxygens (including phenoxy) is 1. The van der Waals surface area contributed by atoms with E-state index in [4.69, 9.17) is 10.2 Å². The van der Waals surface area contributed by atoms with Gasteiger partial charge in [-0.3, -0.25) is 9.59 Å². The van der Waals surface area contributed by atoms with Crippen LogP contribution in [0.3, 0.4) is 0 Å². The third kappa shape index (κ3) is 5.08. The number of nitrogens with one attached hydrogen (secondary N) is 1. The topological polar surface area (TPSA) is 75.7 Å². The van der Waals surface area contributed by atoms with Gasteiger partial charge in [0.15, 0.2) is 0 Å². The van der Waals surface area contributed by atoms with Crippen molar-refractivity contribution < 1.29 is 24.6 Å². The van der Waals surface area contributed by atoms with Crippen molar-refractivity contribution in [3.05, 3.63) is 11.7 Å². The SMILES string of the molecule is [2H]/C(=C1/NC(=O)[C@H](C(C)C)N(C(=O)OC(C)(C)C)C1=O)[C@H]([2H])[C@H]([2H])[C@@H]([2H])C. The number of hydrogen-bond acceptors (Lipinski definition) is 4. The molecule has 0 bridgehead atoms. The van der Waals surface area contributed by atoms with Gasteiger partial charge in [-0.05, 0) is 39.5 Å². The largest absolute Gasteiger partial charge is 0.443 e. The highest BCUT2D eigenvalue weighted by Gasteiger charge is 2.44. The molecule has 1 rings (SSSR count). The van der Waals surface area contributed by atoms with E-state index in [0.29, 0.717) is 4.90 Å². The Balaban J connectivity index is 3.37. The third-order valence-electron chi connectivity index (χ3n) is 2.97. The van der Waals surface area contributed by atoms with E-state index in [0.717, 1.165) is 0 Å². The lowest BCUT2D eigenvalue weighted by molar-refractivity contribution is -0.143. The molecule has 1 N–H and O–H groups in total. The zero-order valence-corrected chi connectivity index (χ0v) is 14.5. The van der Waals surface area contributed by atoms with Crippen molar-refractivity contribution in [3.63, 3.8) is 0 Å². The van der Waals surface area contributed by atoms with Gasteiger partial charge >= 0.3 is 6.09 Å². The quantitative estimate of drug-likeness (QED) is 0.805. The minimum Gasteiger partial charge on any atom is -0.443 e. The molecule has 1 fully saturated rings. The second kappa shape index (κ2) is 7.62. The van der Waals surface area contributed by atoms with Crippen LogP contribution in [-0.4, -0.2) is 34.5 Å². The van der Waals surface area contributed by atoms with Crippen molar-refractivity contribution in [1.29, 1.82) is 0 Å². The van der Waals surface area contributed by atoms with Crippen LogP contribution >= 0.6 is 0 Å². The fourth-order valence-corrected chi connectivity index (χ4v) is 2.05. The van der Waals surface area contributed by atoms with Gasteiger partial charge in [0.25, 0.3) is 5.91 Å². The molecule has 1 saturated heterocycles. The van der Waals surface area contributed by atoms with Crippen molar-refractivity contribution in [2.45, 2.75) is 72.4 Å². The molecular formula is C17H28N2O4. The monoisotopic (exact) mass is 328 g/mol. The first-order valence-electron chi connectivity index (χ1n) is 9.77. The zero-order valence-electron chi connectivity index (χ0n) is 18.5. The summed E-state index contributed by atoms with van der Waals surface area (Å²) in [5.41, 5.74) is -1.42. The van der Waals surface area contributed by atoms with Gasteiger partial charge in [0.2, 0.25) is 5.91 Å². The molecule has 6 heteroatoms. The van der Waals surface area contributed by atoms with E-state index in [1.807, 2.05) is 0 Å². The van der Waals surface area contributed by atoms with Crippen LogP contribution in [0.4, 0.5) is 4.79 Å². The first-order valence-corrected chi connectivity index (χ1v) is 7.54. The Morgan fingerprint density at radius 3 is 2.57 bits per heavy atom. The maximum absolute atomic E-state index is 12.9. The fraction of sp³-hybridized carbons (Fsp3) is 0.706. The predicted octanol–water partition coefficient (Wildman–Crippen LogP) is 2.98. The molecule has 1 aliphatic heterocycles. The predicted molar refractivity (Wildman–Crippen MR) is 87.5 cm³/mol. The lowest BCUT2D eigenvalue weighted by Crippen LogP contribution is -2.61. The summed E-state index contributed by atoms with van der Waals surface area (Å²) in [6, 6.07) is -1.72. The second-order valence-corrected chi connectivity index (χ2v) is 6.55. The van der Waals surface area contributed by atoms with Gasteiger partial charge < -0.3 is 10.1 Å². The van der Waals surface area contributed by atoms with E-state index < -0.39 is 66.4 Å². The molecule has 0 spiro atoms. The molecule has 0 aromatic heterocycles. The van der Waals surface area contributed by atoms with E-state index in [-0.39, 0.29) is 0 Å². The zero-order chi connectivity index (χ0) is 21.3. The molecule has 6 nitrogen and oxygen atoms in total. The molecule has 0 radical (unpaired) electrons. The third-order valence-corrected chi connectivity index (χ3v) is 2.97. The second-order valence-electron chi connectivity index (χ2n) is 6.55. The van der Waals surface area contributed by atoms with Crippen LogP contribution in [0.5, 0.6) is 0 Å². The van der Waals surface area contributed by atoms with Gasteiger partial charge in [0.05, 0.1) is 1.37 Å². The van der Waals surface area contributed by atoms with Crippen molar-refractivity contribution >= 4 is 17.9 Å². The highest BCUT2D eigenvalue weighted by molar-refractivity contribution is 6.11. The van der Waals surface area contributed by atoms with Crippen LogP contribution in [0.15, 0.2) is 11.7 Å². The summed E-state index contributed by atoms with van der Waals surface area (Å²) in [4.78, 5) is 38.7. The van der Waals surface area contributed by atoms with Gasteiger partial charge in [-0.2, -0.15) is 0 Å². The summed E-state index contributed by atoms with van der Waals surface area (Å²) in [7, 11) is 0. The lowest BCUT2D eigenvalue weighted by atomic mass is 9.98. The Kier molecular flexibility index (Phi) is 4.50. The number of carbonyl (C=O) groups excluding carboxylic acids is 3. The average molecular weight is 328 g/mol. The van der Waals surface area contributed by atoms with Gasteiger partial charge in [-0.1, -0.05) is 33.2 Å². The van der Waals surface area contributed by atoms with Gasteiger partial charge in [0.1, 0.15) is 17.3 Å². The Bertz CT molecular complexity index is 643. The van der Waals surface area contributed by atoms with Gasteiger partial charge in [-0.15, -0.1) is 0 Å². The molecule has 23 heavy (non-hydrogen) atoms. The minimum absolute atomic E-state index is 0.402. The summed E-state index contributed by atoms with van der Waals surface area (Å²) in [5.74, 6) is -2.02. The molecule has 1 aliphatic rings. The number of allylic oxidation sites excluding steroid dienone is 1. The van der Waals surface area contributed by atoms with Crippen molar-refractivity contribution in [2.75, 3.05) is 0 Å². The maximum Gasteiger partial charge on any atom is 0.418 e. The highest BCUT2D eigenvalue weighted by atomic mass is 16.6. The van der Waals surface area contributed by atoms with Crippen LogP contribution < -0.4 is 5.32 Å². The van der Waals surface area contributed by atoms with E-state index in [9.17, 15) is 14.4 Å². The Hall–Kier alpha value is -1.85. The van der Waals surface area contributed by atoms with Crippen LogP contribution in [0.2, 0.25) is 0 Å². The summed E-state index contributed by atoms with van der Waals surface area (Å²) < 4.78 is 36.6. The molecule has 0 aliphatic carbocycles. The number of carbonyl (C=O) groups is 3. The maximum atomic E-state index is 12.9. The normalized spacial score (nSPS) is 28.0. The lowest BCUT2D eigenvalue weighted by Gasteiger charge is -2.37. The van der Waals surface area contributed by atoms with E-state index in [1.54, 1.807) is 34.6 Å². The summed E-state index contributed by atoms with van der Waals surface area (Å²) >= 11 is 0. The van der Waals surface area contributed by atoms with Crippen LogP contribution in [0.25, 0.3) is 0 Å². The molecular weight excluding hydrogens is 296 g/mol. The fourth-order valence-electron chi connectivity index (χ4n) is 2.05. The van der Waals surface area contributed by atoms with E-state index >= 15 is 0 Å². The molecule has 4 atom stereocenters. The molecule has 1 heterocycles. The Labute approximate surface area is 143 Å². The van der Waals surface area contributed by atoms with Crippen molar-refractivity contribution in [1.82, 2.24) is 10.2 Å². The average Bonchev–Trinajstić information content (AvgIpc) is 2.51. The molecule has 130 valence electrons. The van der Waals surface area contributed by atoms with Gasteiger partial charge in [-0.25, -0.2) is 9.69 Å². The van der Waals surface area contributed by atoms with Crippen LogP contribution in [0.1, 0.15) is 66.2 Å². The van der Waals surface area contributed by atoms with Crippen LogP contribution in [-0.2, 0) is 14.3 Å². The van der Waals surface area contributed by atoms with Crippen molar-refractivity contribution in [2.24, 2.45) is 5.92 Å². The van der Waals surface area contributed by atoms with E-state index in [2.05, 4.69) is 5.32 Å². The Morgan fingerprint density at radius 1 is 1.48 bits per heavy atom.